The minimum atomic E-state index is 0.871. The Kier molecular flexibility index (Phi) is 6.97. The number of likely N-dealkylation sites (N-methyl/N-ethyl adjacent to an activating group) is 1. The molecule has 0 aliphatic carbocycles. The minimum absolute atomic E-state index is 0.871. The van der Waals surface area contributed by atoms with Gasteiger partial charge >= 0.3 is 0 Å². The predicted octanol–water partition coefficient (Wildman–Crippen LogP) is 5.08. The van der Waals surface area contributed by atoms with Gasteiger partial charge in [-0.1, -0.05) is 63.1 Å². The van der Waals surface area contributed by atoms with Crippen molar-refractivity contribution in [2.75, 3.05) is 7.05 Å². The zero-order valence-electron chi connectivity index (χ0n) is 13.9. The fourth-order valence-electron chi connectivity index (χ4n) is 1.83. The van der Waals surface area contributed by atoms with Crippen molar-refractivity contribution in [3.8, 4) is 0 Å². The lowest BCUT2D eigenvalue weighted by molar-refractivity contribution is 0.521. The molecule has 0 heterocycles. The highest BCUT2D eigenvalue weighted by Crippen LogP contribution is 2.14. The molecule has 0 spiro atoms. The first kappa shape index (κ1) is 17.6. The summed E-state index contributed by atoms with van der Waals surface area (Å²) in [6, 6.07) is 10.1. The number of rotatable bonds is 8. The van der Waals surface area contributed by atoms with E-state index in [4.69, 9.17) is 0 Å². The molecule has 0 saturated heterocycles. The zero-order chi connectivity index (χ0) is 16.5. The summed E-state index contributed by atoms with van der Waals surface area (Å²) in [6.45, 7) is 16.2. The second-order valence-electron chi connectivity index (χ2n) is 5.02. The summed E-state index contributed by atoms with van der Waals surface area (Å²) in [5, 5.41) is 3.32. The molecule has 1 aromatic rings. The van der Waals surface area contributed by atoms with Crippen molar-refractivity contribution in [2.24, 2.45) is 0 Å². The Hall–Kier alpha value is -2.48. The maximum atomic E-state index is 4.08. The maximum Gasteiger partial charge on any atom is 0.0384 e. The molecule has 0 unspecified atom stereocenters. The van der Waals surface area contributed by atoms with Crippen molar-refractivity contribution in [1.29, 1.82) is 0 Å². The zero-order valence-corrected chi connectivity index (χ0v) is 13.9. The van der Waals surface area contributed by atoms with Gasteiger partial charge in [-0.15, -0.1) is 0 Å². The molecule has 116 valence electrons. The Bertz CT molecular complexity index is 591. The summed E-state index contributed by atoms with van der Waals surface area (Å²) in [6.07, 6.45) is 6.88. The van der Waals surface area contributed by atoms with E-state index in [-0.39, 0.29) is 0 Å². The third-order valence-electron chi connectivity index (χ3n) is 3.50. The van der Waals surface area contributed by atoms with Gasteiger partial charge in [0, 0.05) is 29.8 Å². The minimum Gasteiger partial charge on any atom is -0.356 e. The summed E-state index contributed by atoms with van der Waals surface area (Å²) in [5.74, 6) is 0. The quantitative estimate of drug-likeness (QED) is 0.673. The second kappa shape index (κ2) is 8.73. The largest absolute Gasteiger partial charge is 0.356 e. The van der Waals surface area contributed by atoms with E-state index in [0.29, 0.717) is 0 Å². The average Bonchev–Trinajstić information content (AvgIpc) is 2.57. The molecule has 0 radical (unpaired) electrons. The highest BCUT2D eigenvalue weighted by molar-refractivity contribution is 5.63. The van der Waals surface area contributed by atoms with Gasteiger partial charge in [-0.25, -0.2) is 0 Å². The molecule has 0 aliphatic heterocycles. The van der Waals surface area contributed by atoms with Gasteiger partial charge in [0.25, 0.3) is 0 Å². The number of benzene rings is 1. The molecule has 22 heavy (non-hydrogen) atoms. The lowest BCUT2D eigenvalue weighted by Crippen LogP contribution is -2.14. The first-order valence-electron chi connectivity index (χ1n) is 7.45. The van der Waals surface area contributed by atoms with E-state index in [1.165, 1.54) is 0 Å². The first-order valence-corrected chi connectivity index (χ1v) is 7.45. The highest BCUT2D eigenvalue weighted by Gasteiger charge is 2.02. The van der Waals surface area contributed by atoms with E-state index in [2.05, 4.69) is 32.0 Å². The highest BCUT2D eigenvalue weighted by atomic mass is 15.1. The summed E-state index contributed by atoms with van der Waals surface area (Å²) in [4.78, 5) is 2.00. The Morgan fingerprint density at radius 2 is 1.77 bits per heavy atom. The molecule has 0 fully saturated rings. The van der Waals surface area contributed by atoms with Gasteiger partial charge < -0.3 is 10.2 Å². The van der Waals surface area contributed by atoms with Gasteiger partial charge in [-0.3, -0.25) is 0 Å². The van der Waals surface area contributed by atoms with Gasteiger partial charge in [-0.05, 0) is 31.1 Å². The number of hydrogen-bond acceptors (Lipinski definition) is 2. The monoisotopic (exact) mass is 294 g/mol. The fourth-order valence-corrected chi connectivity index (χ4v) is 1.83. The Morgan fingerprint density at radius 1 is 1.14 bits per heavy atom. The van der Waals surface area contributed by atoms with E-state index < -0.39 is 0 Å². The van der Waals surface area contributed by atoms with E-state index >= 15 is 0 Å². The van der Waals surface area contributed by atoms with Crippen molar-refractivity contribution in [2.45, 2.75) is 20.3 Å². The molecule has 1 rings (SSSR count). The fraction of sp³-hybridized carbons (Fsp3) is 0.200. The third-order valence-corrected chi connectivity index (χ3v) is 3.50. The molecule has 1 aromatic carbocycles. The van der Waals surface area contributed by atoms with Crippen LogP contribution in [0.1, 0.15) is 25.8 Å². The van der Waals surface area contributed by atoms with E-state index in [1.54, 1.807) is 0 Å². The van der Waals surface area contributed by atoms with Crippen LogP contribution < -0.4 is 5.32 Å². The maximum absolute atomic E-state index is 4.08. The third kappa shape index (κ3) is 5.13. The summed E-state index contributed by atoms with van der Waals surface area (Å²) in [7, 11) is 1.98. The molecule has 0 atom stereocenters. The predicted molar refractivity (Wildman–Crippen MR) is 97.8 cm³/mol. The smallest absolute Gasteiger partial charge is 0.0384 e. The van der Waals surface area contributed by atoms with Crippen LogP contribution in [-0.4, -0.2) is 11.9 Å². The van der Waals surface area contributed by atoms with Crippen molar-refractivity contribution < 1.29 is 0 Å². The molecular formula is C20H26N2. The van der Waals surface area contributed by atoms with E-state index in [1.807, 2.05) is 67.4 Å². The Balaban J connectivity index is 2.70. The van der Waals surface area contributed by atoms with Crippen LogP contribution in [0.25, 0.3) is 5.70 Å². The van der Waals surface area contributed by atoms with Crippen molar-refractivity contribution in [1.82, 2.24) is 10.2 Å². The van der Waals surface area contributed by atoms with Crippen molar-refractivity contribution in [3.05, 3.63) is 91.0 Å². The van der Waals surface area contributed by atoms with Gasteiger partial charge in [0.15, 0.2) is 0 Å². The molecule has 2 heteroatoms. The van der Waals surface area contributed by atoms with Crippen molar-refractivity contribution in [3.63, 3.8) is 0 Å². The van der Waals surface area contributed by atoms with Crippen LogP contribution in [0.4, 0.5) is 0 Å². The topological polar surface area (TPSA) is 15.3 Å². The molecule has 1 N–H and O–H groups in total. The van der Waals surface area contributed by atoms with Crippen LogP contribution in [0.5, 0.6) is 0 Å². The molecule has 2 nitrogen and oxygen atoms in total. The Morgan fingerprint density at radius 3 is 2.32 bits per heavy atom. The van der Waals surface area contributed by atoms with Crippen LogP contribution >= 0.6 is 0 Å². The normalized spacial score (nSPS) is 11.3. The molecule has 0 bridgehead atoms. The van der Waals surface area contributed by atoms with Crippen LogP contribution in [0.2, 0.25) is 0 Å². The van der Waals surface area contributed by atoms with Crippen molar-refractivity contribution >= 4 is 5.70 Å². The summed E-state index contributed by atoms with van der Waals surface area (Å²) in [5.41, 5.74) is 4.86. The summed E-state index contributed by atoms with van der Waals surface area (Å²) >= 11 is 0. The number of nitrogens with one attached hydrogen (secondary N) is 1. The standard InChI is InChI=1S/C20H26N2/c1-7-16(3)22(6)17(4)14-15-20(8-2)21-18(5)19-12-10-9-11-13-19/h8-15,21H,3-5,7H2,1-2,6H3/b15-14-,20-8+. The van der Waals surface area contributed by atoms with E-state index in [9.17, 15) is 0 Å². The first-order chi connectivity index (χ1) is 10.5. The van der Waals surface area contributed by atoms with Gasteiger partial charge in [0.1, 0.15) is 0 Å². The Labute approximate surface area is 134 Å². The van der Waals surface area contributed by atoms with Gasteiger partial charge in [-0.2, -0.15) is 0 Å². The van der Waals surface area contributed by atoms with Crippen LogP contribution in [0.15, 0.2) is 85.4 Å². The molecule has 0 aliphatic rings. The van der Waals surface area contributed by atoms with E-state index in [0.717, 1.165) is 34.8 Å². The number of nitrogens with zero attached hydrogens (tertiary/aromatic N) is 1. The van der Waals surface area contributed by atoms with Gasteiger partial charge in [0.2, 0.25) is 0 Å². The SMILES string of the molecule is C=C(NC(/C=C\C(=C)N(C)C(=C)CC)=C/C)c1ccccc1. The van der Waals surface area contributed by atoms with Crippen LogP contribution in [0, 0.1) is 0 Å². The second-order valence-corrected chi connectivity index (χ2v) is 5.02. The molecule has 0 amide bonds. The number of allylic oxidation sites excluding steroid dienone is 4. The lowest BCUT2D eigenvalue weighted by Gasteiger charge is -2.21. The molecule has 0 aromatic heterocycles. The summed E-state index contributed by atoms with van der Waals surface area (Å²) < 4.78 is 0. The molecule has 0 saturated carbocycles. The number of hydrogen-bond donors (Lipinski definition) is 1. The average molecular weight is 294 g/mol. The molecular weight excluding hydrogens is 268 g/mol. The van der Waals surface area contributed by atoms with Crippen LogP contribution in [-0.2, 0) is 0 Å². The van der Waals surface area contributed by atoms with Crippen LogP contribution in [0.3, 0.4) is 0 Å². The van der Waals surface area contributed by atoms with Gasteiger partial charge in [0.05, 0.1) is 0 Å². The lowest BCUT2D eigenvalue weighted by atomic mass is 10.1.